The van der Waals surface area contributed by atoms with E-state index < -0.39 is 32.2 Å². The summed E-state index contributed by atoms with van der Waals surface area (Å²) in [6, 6.07) is 17.5. The molecule has 0 spiro atoms. The van der Waals surface area contributed by atoms with Crippen molar-refractivity contribution in [3.63, 3.8) is 0 Å². The maximum Gasteiger partial charge on any atom is 0.316 e. The molecule has 35 heavy (non-hydrogen) atoms. The monoisotopic (exact) mass is 492 g/mol. The molecule has 178 valence electrons. The molecule has 3 aromatic rings. The minimum absolute atomic E-state index is 0.0517. The van der Waals surface area contributed by atoms with Crippen LogP contribution in [0.2, 0.25) is 0 Å². The number of carbonyl (C=O) groups is 2. The summed E-state index contributed by atoms with van der Waals surface area (Å²) < 4.78 is 27.0. The summed E-state index contributed by atoms with van der Waals surface area (Å²) in [4.78, 5) is 37.0. The third-order valence-corrected chi connectivity index (χ3v) is 8.17. The molecule has 2 aliphatic heterocycles. The number of carbonyl (C=O) groups excluding carboxylic acids is 2. The Morgan fingerprint density at radius 3 is 2.40 bits per heavy atom. The van der Waals surface area contributed by atoms with Crippen molar-refractivity contribution in [2.24, 2.45) is 0 Å². The van der Waals surface area contributed by atoms with Gasteiger partial charge in [0.05, 0.1) is 15.9 Å². The largest absolute Gasteiger partial charge is 0.328 e. The molecule has 5 rings (SSSR count). The van der Waals surface area contributed by atoms with Crippen molar-refractivity contribution in [1.29, 1.82) is 0 Å². The number of nitrogens with zero attached hydrogens (tertiary/aromatic N) is 2. The lowest BCUT2D eigenvalue weighted by molar-refractivity contribution is -0.384. The molecule has 2 aliphatic rings. The van der Waals surface area contributed by atoms with Crippen LogP contribution in [0.1, 0.15) is 27.5 Å². The molecule has 1 fully saturated rings. The lowest BCUT2D eigenvalue weighted by Gasteiger charge is -2.20. The summed E-state index contributed by atoms with van der Waals surface area (Å²) in [6.07, 6.45) is 0.453. The number of benzene rings is 3. The van der Waals surface area contributed by atoms with E-state index in [2.05, 4.69) is 10.6 Å². The average molecular weight is 493 g/mol. The zero-order chi connectivity index (χ0) is 24.7. The van der Waals surface area contributed by atoms with E-state index in [0.717, 1.165) is 0 Å². The first kappa shape index (κ1) is 22.5. The van der Waals surface area contributed by atoms with Crippen LogP contribution in [0.5, 0.6) is 0 Å². The summed E-state index contributed by atoms with van der Waals surface area (Å²) in [5, 5.41) is 14.9. The molecule has 3 amide bonds. The molecule has 2 heterocycles. The first-order valence-corrected chi connectivity index (χ1v) is 12.4. The zero-order valence-electron chi connectivity index (χ0n) is 18.2. The fourth-order valence-electron chi connectivity index (χ4n) is 4.44. The van der Waals surface area contributed by atoms with Gasteiger partial charge in [0, 0.05) is 29.9 Å². The number of urea groups is 1. The molecule has 10 nitrogen and oxygen atoms in total. The quantitative estimate of drug-likeness (QED) is 0.415. The molecule has 0 aliphatic carbocycles. The number of nitro benzene ring substituents is 1. The molecule has 1 unspecified atom stereocenters. The standard InChI is InChI=1S/C24H20N4O6S/c29-23(16-6-8-18(9-7-16)28(31)32)27-13-12-17-14-19(10-11-20(17)27)35(33,34)22-21(25-24(30)26-22)15-4-2-1-3-5-15/h1-11,14,21-22H,12-13H2,(H2,25,26,30)/t21?,22-/m0/s1. The number of hydrogen-bond donors (Lipinski definition) is 2. The molecule has 1 saturated heterocycles. The molecule has 2 N–H and O–H groups in total. The van der Waals surface area contributed by atoms with Crippen LogP contribution in [-0.4, -0.2) is 37.2 Å². The van der Waals surface area contributed by atoms with Gasteiger partial charge in [0.15, 0.2) is 5.37 Å². The van der Waals surface area contributed by atoms with E-state index in [4.69, 9.17) is 0 Å². The topological polar surface area (TPSA) is 139 Å². The van der Waals surface area contributed by atoms with Crippen LogP contribution in [-0.2, 0) is 16.3 Å². The Morgan fingerprint density at radius 1 is 1.00 bits per heavy atom. The number of hydrogen-bond acceptors (Lipinski definition) is 6. The van der Waals surface area contributed by atoms with Gasteiger partial charge in [0.2, 0.25) is 9.84 Å². The Kier molecular flexibility index (Phi) is 5.48. The van der Waals surface area contributed by atoms with Gasteiger partial charge in [-0.25, -0.2) is 13.2 Å². The summed E-state index contributed by atoms with van der Waals surface area (Å²) in [7, 11) is -3.96. The predicted molar refractivity (Wildman–Crippen MR) is 127 cm³/mol. The molecule has 11 heteroatoms. The Bertz CT molecular complexity index is 1440. The fraction of sp³-hybridized carbons (Fsp3) is 0.167. The van der Waals surface area contributed by atoms with E-state index in [1.165, 1.54) is 35.2 Å². The predicted octanol–water partition coefficient (Wildman–Crippen LogP) is 2.95. The summed E-state index contributed by atoms with van der Waals surface area (Å²) in [6.45, 7) is 0.350. The van der Waals surface area contributed by atoms with Crippen LogP contribution in [0.15, 0.2) is 77.7 Å². The van der Waals surface area contributed by atoms with E-state index in [1.54, 1.807) is 42.5 Å². The third kappa shape index (κ3) is 3.99. The molecule has 0 bridgehead atoms. The van der Waals surface area contributed by atoms with Gasteiger partial charge in [-0.2, -0.15) is 0 Å². The fourth-order valence-corrected chi connectivity index (χ4v) is 6.14. The van der Waals surface area contributed by atoms with Crippen LogP contribution in [0.4, 0.5) is 16.2 Å². The number of anilines is 1. The SMILES string of the molecule is O=C1NC(c2ccccc2)[C@H](S(=O)(=O)c2ccc3c(c2)CCN3C(=O)c2ccc([N+](=O)[O-])cc2)N1. The maximum absolute atomic E-state index is 13.5. The van der Waals surface area contributed by atoms with Crippen molar-refractivity contribution in [2.45, 2.75) is 22.7 Å². The molecular formula is C24H20N4O6S. The van der Waals surface area contributed by atoms with Gasteiger partial charge in [-0.05, 0) is 47.9 Å². The van der Waals surface area contributed by atoms with E-state index in [9.17, 15) is 28.1 Å². The van der Waals surface area contributed by atoms with Crippen molar-refractivity contribution >= 4 is 33.2 Å². The second-order valence-corrected chi connectivity index (χ2v) is 10.3. The lowest BCUT2D eigenvalue weighted by Crippen LogP contribution is -2.36. The number of fused-ring (bicyclic) bond motifs is 1. The molecular weight excluding hydrogens is 472 g/mol. The van der Waals surface area contributed by atoms with Gasteiger partial charge in [-0.3, -0.25) is 14.9 Å². The molecule has 0 saturated carbocycles. The molecule has 0 aromatic heterocycles. The number of nitrogens with one attached hydrogen (secondary N) is 2. The van der Waals surface area contributed by atoms with Crippen molar-refractivity contribution in [2.75, 3.05) is 11.4 Å². The summed E-state index contributed by atoms with van der Waals surface area (Å²) in [5.74, 6) is -0.328. The van der Waals surface area contributed by atoms with Crippen LogP contribution >= 0.6 is 0 Å². The highest BCUT2D eigenvalue weighted by atomic mass is 32.2. The highest BCUT2D eigenvalue weighted by molar-refractivity contribution is 7.92. The van der Waals surface area contributed by atoms with Crippen LogP contribution in [0, 0.1) is 10.1 Å². The van der Waals surface area contributed by atoms with E-state index in [-0.39, 0.29) is 16.5 Å². The third-order valence-electron chi connectivity index (χ3n) is 6.20. The number of non-ortho nitro benzene ring substituents is 1. The Hall–Kier alpha value is -4.25. The van der Waals surface area contributed by atoms with E-state index in [1.807, 2.05) is 0 Å². The lowest BCUT2D eigenvalue weighted by atomic mass is 10.1. The van der Waals surface area contributed by atoms with Crippen LogP contribution in [0.25, 0.3) is 0 Å². The van der Waals surface area contributed by atoms with E-state index in [0.29, 0.717) is 35.3 Å². The summed E-state index contributed by atoms with van der Waals surface area (Å²) >= 11 is 0. The molecule has 3 aromatic carbocycles. The first-order chi connectivity index (χ1) is 16.8. The number of amides is 3. The van der Waals surface area contributed by atoms with Crippen molar-refractivity contribution < 1.29 is 22.9 Å². The minimum atomic E-state index is -3.96. The number of rotatable bonds is 5. The zero-order valence-corrected chi connectivity index (χ0v) is 19.1. The van der Waals surface area contributed by atoms with Gasteiger partial charge in [0.1, 0.15) is 0 Å². The van der Waals surface area contributed by atoms with Gasteiger partial charge in [-0.1, -0.05) is 30.3 Å². The molecule has 0 radical (unpaired) electrons. The highest BCUT2D eigenvalue weighted by Gasteiger charge is 2.43. The number of nitro groups is 1. The summed E-state index contributed by atoms with van der Waals surface area (Å²) in [5.41, 5.74) is 2.13. The maximum atomic E-state index is 13.5. The Morgan fingerprint density at radius 2 is 1.71 bits per heavy atom. The van der Waals surface area contributed by atoms with Crippen molar-refractivity contribution in [3.05, 3.63) is 99.6 Å². The second kappa shape index (κ2) is 8.51. The Balaban J connectivity index is 1.42. The second-order valence-electron chi connectivity index (χ2n) is 8.27. The van der Waals surface area contributed by atoms with Crippen molar-refractivity contribution in [3.8, 4) is 0 Å². The van der Waals surface area contributed by atoms with E-state index >= 15 is 0 Å². The van der Waals surface area contributed by atoms with Crippen molar-refractivity contribution in [1.82, 2.24) is 10.6 Å². The highest BCUT2D eigenvalue weighted by Crippen LogP contribution is 2.34. The van der Waals surface area contributed by atoms with Crippen LogP contribution in [0.3, 0.4) is 0 Å². The smallest absolute Gasteiger partial charge is 0.316 e. The van der Waals surface area contributed by atoms with Gasteiger partial charge >= 0.3 is 6.03 Å². The minimum Gasteiger partial charge on any atom is -0.328 e. The number of sulfone groups is 1. The normalized spacial score (nSPS) is 19.1. The molecule has 2 atom stereocenters. The van der Waals surface area contributed by atoms with Gasteiger partial charge in [0.25, 0.3) is 11.6 Å². The van der Waals surface area contributed by atoms with Crippen LogP contribution < -0.4 is 15.5 Å². The first-order valence-electron chi connectivity index (χ1n) is 10.8. The average Bonchev–Trinajstić information content (AvgIpc) is 3.48. The van der Waals surface area contributed by atoms with Gasteiger partial charge in [-0.15, -0.1) is 0 Å². The van der Waals surface area contributed by atoms with Gasteiger partial charge < -0.3 is 15.5 Å². The Labute approximate surface area is 200 Å².